The SMILES string of the molecule is NS(=O)(=O)c1ccc(NC(=O)COC(=O)c2cc(O)cs2)cc1. The molecule has 0 saturated carbocycles. The van der Waals surface area contributed by atoms with Gasteiger partial charge in [0.25, 0.3) is 5.91 Å². The monoisotopic (exact) mass is 356 g/mol. The number of thiophene rings is 1. The van der Waals surface area contributed by atoms with Crippen LogP contribution in [-0.4, -0.2) is 32.0 Å². The number of nitrogens with one attached hydrogen (secondary N) is 1. The molecule has 0 bridgehead atoms. The first-order valence-corrected chi connectivity index (χ1v) is 8.55. The van der Waals surface area contributed by atoms with E-state index in [0.717, 1.165) is 11.3 Å². The number of hydrogen-bond donors (Lipinski definition) is 3. The van der Waals surface area contributed by atoms with E-state index in [2.05, 4.69) is 5.32 Å². The molecule has 122 valence electrons. The van der Waals surface area contributed by atoms with Crippen molar-refractivity contribution in [1.29, 1.82) is 0 Å². The van der Waals surface area contributed by atoms with E-state index in [9.17, 15) is 18.0 Å². The fourth-order valence-electron chi connectivity index (χ4n) is 1.56. The van der Waals surface area contributed by atoms with E-state index in [-0.39, 0.29) is 15.5 Å². The molecule has 0 atom stereocenters. The number of carbonyl (C=O) groups excluding carboxylic acids is 2. The first-order chi connectivity index (χ1) is 10.8. The molecule has 2 rings (SSSR count). The van der Waals surface area contributed by atoms with E-state index in [1.807, 2.05) is 0 Å². The lowest BCUT2D eigenvalue weighted by Crippen LogP contribution is -2.20. The largest absolute Gasteiger partial charge is 0.507 e. The van der Waals surface area contributed by atoms with Crippen LogP contribution >= 0.6 is 11.3 Å². The van der Waals surface area contributed by atoms with Crippen LogP contribution in [-0.2, 0) is 19.6 Å². The molecule has 2 aromatic rings. The van der Waals surface area contributed by atoms with E-state index < -0.39 is 28.5 Å². The van der Waals surface area contributed by atoms with E-state index in [4.69, 9.17) is 15.0 Å². The van der Waals surface area contributed by atoms with Crippen molar-refractivity contribution < 1.29 is 27.9 Å². The Labute approximate surface area is 135 Å². The van der Waals surface area contributed by atoms with E-state index in [1.54, 1.807) is 0 Å². The van der Waals surface area contributed by atoms with Gasteiger partial charge in [-0.25, -0.2) is 18.4 Å². The number of aromatic hydroxyl groups is 1. The van der Waals surface area contributed by atoms with Crippen LogP contribution in [0.5, 0.6) is 5.75 Å². The Kier molecular flexibility index (Phi) is 4.98. The zero-order valence-electron chi connectivity index (χ0n) is 11.6. The van der Waals surface area contributed by atoms with Gasteiger partial charge in [-0.2, -0.15) is 0 Å². The topological polar surface area (TPSA) is 136 Å². The Morgan fingerprint density at radius 3 is 2.43 bits per heavy atom. The second kappa shape index (κ2) is 6.77. The van der Waals surface area contributed by atoms with Gasteiger partial charge in [0.1, 0.15) is 10.6 Å². The molecule has 0 aliphatic rings. The Hall–Kier alpha value is -2.43. The zero-order valence-corrected chi connectivity index (χ0v) is 13.2. The third kappa shape index (κ3) is 4.77. The molecule has 0 aliphatic heterocycles. The summed E-state index contributed by atoms with van der Waals surface area (Å²) in [5.41, 5.74) is 0.326. The predicted molar refractivity (Wildman–Crippen MR) is 82.7 cm³/mol. The summed E-state index contributed by atoms with van der Waals surface area (Å²) in [6, 6.07) is 6.43. The van der Waals surface area contributed by atoms with Crippen LogP contribution in [0.15, 0.2) is 40.6 Å². The van der Waals surface area contributed by atoms with Crippen LogP contribution in [0.3, 0.4) is 0 Å². The number of hydrogen-bond acceptors (Lipinski definition) is 7. The highest BCUT2D eigenvalue weighted by Crippen LogP contribution is 2.20. The molecule has 1 heterocycles. The standard InChI is InChI=1S/C13H12N2O6S2/c14-23(19,20)10-3-1-8(2-4-10)15-12(17)6-21-13(18)11-5-9(16)7-22-11/h1-5,7,16H,6H2,(H,15,17)(H2,14,19,20). The van der Waals surface area contributed by atoms with Gasteiger partial charge in [0.15, 0.2) is 6.61 Å². The van der Waals surface area contributed by atoms with Crippen molar-refractivity contribution >= 4 is 38.9 Å². The van der Waals surface area contributed by atoms with Gasteiger partial charge in [-0.1, -0.05) is 0 Å². The van der Waals surface area contributed by atoms with Crippen molar-refractivity contribution in [3.8, 4) is 5.75 Å². The van der Waals surface area contributed by atoms with Gasteiger partial charge in [0, 0.05) is 17.1 Å². The smallest absolute Gasteiger partial charge is 0.348 e. The van der Waals surface area contributed by atoms with Gasteiger partial charge in [0.2, 0.25) is 10.0 Å². The molecule has 1 aromatic carbocycles. The molecule has 0 spiro atoms. The maximum absolute atomic E-state index is 11.7. The predicted octanol–water partition coefficient (Wildman–Crippen LogP) is 0.897. The molecule has 1 amide bonds. The number of esters is 1. The summed E-state index contributed by atoms with van der Waals surface area (Å²) in [5, 5.41) is 17.9. The average Bonchev–Trinajstić information content (AvgIpc) is 2.91. The maximum atomic E-state index is 11.7. The summed E-state index contributed by atoms with van der Waals surface area (Å²) < 4.78 is 27.0. The van der Waals surface area contributed by atoms with Crippen LogP contribution in [0.1, 0.15) is 9.67 Å². The third-order valence-corrected chi connectivity index (χ3v) is 4.41. The first-order valence-electron chi connectivity index (χ1n) is 6.13. The molecular weight excluding hydrogens is 344 g/mol. The second-order valence-corrected chi connectivity index (χ2v) is 6.84. The number of sulfonamides is 1. The molecule has 0 unspecified atom stereocenters. The molecular formula is C13H12N2O6S2. The number of benzene rings is 1. The summed E-state index contributed by atoms with van der Waals surface area (Å²) in [6.07, 6.45) is 0. The van der Waals surface area contributed by atoms with Crippen LogP contribution in [0.2, 0.25) is 0 Å². The molecule has 1 aromatic heterocycles. The number of rotatable bonds is 5. The van der Waals surface area contributed by atoms with Crippen LogP contribution in [0, 0.1) is 0 Å². The highest BCUT2D eigenvalue weighted by Gasteiger charge is 2.13. The number of carbonyl (C=O) groups is 2. The zero-order chi connectivity index (χ0) is 17.0. The van der Waals surface area contributed by atoms with Crippen molar-refractivity contribution in [3.63, 3.8) is 0 Å². The highest BCUT2D eigenvalue weighted by molar-refractivity contribution is 7.89. The number of nitrogens with two attached hydrogens (primary N) is 1. The van der Waals surface area contributed by atoms with Crippen molar-refractivity contribution in [1.82, 2.24) is 0 Å². The number of primary sulfonamides is 1. The van der Waals surface area contributed by atoms with Gasteiger partial charge in [-0.05, 0) is 24.3 Å². The fourth-order valence-corrected chi connectivity index (χ4v) is 2.74. The number of anilines is 1. The number of ether oxygens (including phenoxy) is 1. The van der Waals surface area contributed by atoms with E-state index in [0.29, 0.717) is 5.69 Å². The minimum Gasteiger partial charge on any atom is -0.507 e. The minimum absolute atomic E-state index is 0.0543. The minimum atomic E-state index is -3.80. The highest BCUT2D eigenvalue weighted by atomic mass is 32.2. The van der Waals surface area contributed by atoms with Gasteiger partial charge < -0.3 is 15.2 Å². The van der Waals surface area contributed by atoms with Crippen molar-refractivity contribution in [2.75, 3.05) is 11.9 Å². The van der Waals surface area contributed by atoms with Gasteiger partial charge in [-0.15, -0.1) is 11.3 Å². The maximum Gasteiger partial charge on any atom is 0.348 e. The van der Waals surface area contributed by atoms with E-state index >= 15 is 0 Å². The summed E-state index contributed by atoms with van der Waals surface area (Å²) in [7, 11) is -3.80. The fraction of sp³-hybridized carbons (Fsp3) is 0.0769. The average molecular weight is 356 g/mol. The molecule has 0 aliphatic carbocycles. The Balaban J connectivity index is 1.88. The summed E-state index contributed by atoms with van der Waals surface area (Å²) in [5.74, 6) is -1.38. The van der Waals surface area contributed by atoms with Crippen LogP contribution in [0.4, 0.5) is 5.69 Å². The lowest BCUT2D eigenvalue weighted by Gasteiger charge is -2.06. The Morgan fingerprint density at radius 1 is 1.26 bits per heavy atom. The third-order valence-electron chi connectivity index (χ3n) is 2.59. The Morgan fingerprint density at radius 2 is 1.91 bits per heavy atom. The molecule has 8 nitrogen and oxygen atoms in total. The number of amides is 1. The van der Waals surface area contributed by atoms with Crippen LogP contribution in [0.25, 0.3) is 0 Å². The van der Waals surface area contributed by atoms with Gasteiger partial charge >= 0.3 is 5.97 Å². The van der Waals surface area contributed by atoms with E-state index in [1.165, 1.54) is 35.7 Å². The summed E-state index contributed by atoms with van der Waals surface area (Å²) >= 11 is 0.992. The van der Waals surface area contributed by atoms with Crippen LogP contribution < -0.4 is 10.5 Å². The molecule has 10 heteroatoms. The van der Waals surface area contributed by atoms with Crippen molar-refractivity contribution in [3.05, 3.63) is 40.6 Å². The lowest BCUT2D eigenvalue weighted by molar-refractivity contribution is -0.119. The normalized spacial score (nSPS) is 11.0. The molecule has 0 radical (unpaired) electrons. The molecule has 0 fully saturated rings. The summed E-state index contributed by atoms with van der Waals surface area (Å²) in [4.78, 5) is 23.3. The molecule has 23 heavy (non-hydrogen) atoms. The van der Waals surface area contributed by atoms with Crippen molar-refractivity contribution in [2.45, 2.75) is 4.90 Å². The van der Waals surface area contributed by atoms with Gasteiger partial charge in [0.05, 0.1) is 4.90 Å². The lowest BCUT2D eigenvalue weighted by atomic mass is 10.3. The van der Waals surface area contributed by atoms with Gasteiger partial charge in [-0.3, -0.25) is 4.79 Å². The Bertz CT molecular complexity index is 826. The molecule has 4 N–H and O–H groups in total. The quantitative estimate of drug-likeness (QED) is 0.681. The molecule has 0 saturated heterocycles. The summed E-state index contributed by atoms with van der Waals surface area (Å²) in [6.45, 7) is -0.519. The second-order valence-electron chi connectivity index (χ2n) is 4.36. The van der Waals surface area contributed by atoms with Crippen molar-refractivity contribution in [2.24, 2.45) is 5.14 Å². The first kappa shape index (κ1) is 16.9.